The molecule has 0 aromatic heterocycles. The first-order chi connectivity index (χ1) is 6.35. The van der Waals surface area contributed by atoms with Crippen LogP contribution in [0.2, 0.25) is 15.8 Å². The van der Waals surface area contributed by atoms with Crippen LogP contribution in [0.3, 0.4) is 0 Å². The van der Waals surface area contributed by atoms with Crippen LogP contribution in [-0.4, -0.2) is 14.3 Å². The molecule has 0 radical (unpaired) electrons. The van der Waals surface area contributed by atoms with Gasteiger partial charge in [0.2, 0.25) is 0 Å². The Morgan fingerprint density at radius 3 is 1.14 bits per heavy atom. The van der Waals surface area contributed by atoms with Crippen molar-refractivity contribution in [2.24, 2.45) is 0 Å². The zero-order chi connectivity index (χ0) is 9.94. The van der Waals surface area contributed by atoms with Gasteiger partial charge in [0, 0.05) is 0 Å². The molecule has 86 valence electrons. The monoisotopic (exact) mass is 280 g/mol. The standard InChI is InChI=1S/C12H27Ge.ClH/c1-4-7-10-13(11-8-5-2)12-9-6-3;/h4-12H2,1-3H3;1H/q+1;/p-1. The van der Waals surface area contributed by atoms with Gasteiger partial charge in [-0.25, -0.2) is 0 Å². The normalized spacial score (nSPS) is 9.64. The van der Waals surface area contributed by atoms with Crippen molar-refractivity contribution in [2.45, 2.75) is 75.1 Å². The summed E-state index contributed by atoms with van der Waals surface area (Å²) in [7, 11) is 0. The van der Waals surface area contributed by atoms with E-state index < -0.39 is 14.3 Å². The molecule has 0 rings (SSSR count). The molecule has 0 fully saturated rings. The minimum atomic E-state index is -0.552. The van der Waals surface area contributed by atoms with Crippen LogP contribution in [0.5, 0.6) is 0 Å². The molecule has 14 heavy (non-hydrogen) atoms. The fourth-order valence-corrected chi connectivity index (χ4v) is 8.60. The van der Waals surface area contributed by atoms with E-state index in [-0.39, 0.29) is 12.4 Å². The third kappa shape index (κ3) is 10.9. The second kappa shape index (κ2) is 13.8. The van der Waals surface area contributed by atoms with Crippen LogP contribution in [-0.2, 0) is 0 Å². The Labute approximate surface area is 102 Å². The minimum Gasteiger partial charge on any atom is -1.00 e. The molecule has 0 atom stereocenters. The van der Waals surface area contributed by atoms with Gasteiger partial charge in [0.1, 0.15) is 0 Å². The maximum atomic E-state index is 2.33. The van der Waals surface area contributed by atoms with Gasteiger partial charge in [0.25, 0.3) is 0 Å². The first-order valence-corrected chi connectivity index (χ1v) is 10.6. The topological polar surface area (TPSA) is 0 Å². The van der Waals surface area contributed by atoms with Crippen molar-refractivity contribution in [2.75, 3.05) is 0 Å². The maximum absolute atomic E-state index is 2.33. The molecule has 2 heteroatoms. The molecule has 0 N–H and O–H groups in total. The maximum Gasteiger partial charge on any atom is -1.00 e. The van der Waals surface area contributed by atoms with Crippen LogP contribution in [0, 0.1) is 0 Å². The third-order valence-corrected chi connectivity index (χ3v) is 9.33. The number of halogens is 1. The smallest absolute Gasteiger partial charge is 1.00 e. The molecule has 0 amide bonds. The summed E-state index contributed by atoms with van der Waals surface area (Å²) in [5.74, 6) is 0. The van der Waals surface area contributed by atoms with Crippen molar-refractivity contribution in [3.05, 3.63) is 0 Å². The summed E-state index contributed by atoms with van der Waals surface area (Å²) in [6.07, 6.45) is 8.78. The van der Waals surface area contributed by atoms with Crippen LogP contribution in [0.25, 0.3) is 0 Å². The third-order valence-electron chi connectivity index (χ3n) is 2.65. The number of hydrogen-bond acceptors (Lipinski definition) is 0. The van der Waals surface area contributed by atoms with Crippen LogP contribution in [0.1, 0.15) is 59.3 Å². The van der Waals surface area contributed by atoms with E-state index in [2.05, 4.69) is 20.8 Å². The fourth-order valence-electron chi connectivity index (χ4n) is 1.66. The molecule has 0 unspecified atom stereocenters. The zero-order valence-corrected chi connectivity index (χ0v) is 13.1. The quantitative estimate of drug-likeness (QED) is 0.565. The van der Waals surface area contributed by atoms with Gasteiger partial charge in [-0.3, -0.25) is 0 Å². The van der Waals surface area contributed by atoms with E-state index in [4.69, 9.17) is 0 Å². The molecule has 0 aromatic rings. The van der Waals surface area contributed by atoms with Crippen LogP contribution in [0.4, 0.5) is 0 Å². The van der Waals surface area contributed by atoms with Gasteiger partial charge in [-0.1, -0.05) is 0 Å². The van der Waals surface area contributed by atoms with Gasteiger partial charge < -0.3 is 12.4 Å². The summed E-state index contributed by atoms with van der Waals surface area (Å²) >= 11 is -0.552. The second-order valence-corrected chi connectivity index (χ2v) is 10.4. The van der Waals surface area contributed by atoms with Crippen molar-refractivity contribution in [3.8, 4) is 0 Å². The van der Waals surface area contributed by atoms with Crippen LogP contribution >= 0.6 is 0 Å². The molecule has 0 saturated carbocycles. The van der Waals surface area contributed by atoms with Gasteiger partial charge in [-0.15, -0.1) is 0 Å². The van der Waals surface area contributed by atoms with Crippen molar-refractivity contribution >= 4 is 14.3 Å². The predicted molar refractivity (Wildman–Crippen MR) is 64.9 cm³/mol. The summed E-state index contributed by atoms with van der Waals surface area (Å²) in [5, 5.41) is 4.95. The van der Waals surface area contributed by atoms with E-state index >= 15 is 0 Å². The van der Waals surface area contributed by atoms with Gasteiger partial charge in [0.05, 0.1) is 0 Å². The van der Waals surface area contributed by atoms with Crippen LogP contribution < -0.4 is 12.4 Å². The van der Waals surface area contributed by atoms with E-state index in [0.29, 0.717) is 0 Å². The minimum absolute atomic E-state index is 0. The average Bonchev–Trinajstić information content (AvgIpc) is 2.17. The van der Waals surface area contributed by atoms with Gasteiger partial charge >= 0.3 is 89.4 Å². The van der Waals surface area contributed by atoms with Crippen LogP contribution in [0.15, 0.2) is 0 Å². The average molecular weight is 279 g/mol. The van der Waals surface area contributed by atoms with E-state index in [0.717, 1.165) is 0 Å². The fraction of sp³-hybridized carbons (Fsp3) is 1.00. The van der Waals surface area contributed by atoms with E-state index in [1.165, 1.54) is 38.5 Å². The molecular formula is C12H27ClGe. The van der Waals surface area contributed by atoms with Gasteiger partial charge in [-0.05, 0) is 0 Å². The molecule has 0 heterocycles. The Balaban J connectivity index is 0. The molecule has 0 aliphatic heterocycles. The van der Waals surface area contributed by atoms with E-state index in [9.17, 15) is 0 Å². The van der Waals surface area contributed by atoms with Crippen molar-refractivity contribution in [1.82, 2.24) is 0 Å². The predicted octanol–water partition coefficient (Wildman–Crippen LogP) is 1.89. The SMILES string of the molecule is CCC[CH2][Ge+]([CH2]CCC)[CH2]CCC.[Cl-]. The molecule has 0 aliphatic carbocycles. The Morgan fingerprint density at radius 1 is 0.643 bits per heavy atom. The van der Waals surface area contributed by atoms with E-state index in [1.807, 2.05) is 0 Å². The molecule has 0 bridgehead atoms. The van der Waals surface area contributed by atoms with E-state index in [1.54, 1.807) is 15.8 Å². The largest absolute Gasteiger partial charge is 1.00 e. The first kappa shape index (κ1) is 17.2. The molecule has 0 aliphatic rings. The second-order valence-electron chi connectivity index (χ2n) is 4.06. The summed E-state index contributed by atoms with van der Waals surface area (Å²) in [5.41, 5.74) is 0. The first-order valence-electron chi connectivity index (χ1n) is 6.18. The Kier molecular flexibility index (Phi) is 17.0. The molecule has 0 aromatic carbocycles. The molecule has 0 spiro atoms. The molecule has 0 nitrogen and oxygen atoms in total. The van der Waals surface area contributed by atoms with Gasteiger partial charge in [0.15, 0.2) is 0 Å². The molecular weight excluding hydrogens is 252 g/mol. The van der Waals surface area contributed by atoms with Crippen molar-refractivity contribution in [3.63, 3.8) is 0 Å². The summed E-state index contributed by atoms with van der Waals surface area (Å²) in [4.78, 5) is 0. The summed E-state index contributed by atoms with van der Waals surface area (Å²) in [6.45, 7) is 6.99. The van der Waals surface area contributed by atoms with Crippen molar-refractivity contribution in [1.29, 1.82) is 0 Å². The summed E-state index contributed by atoms with van der Waals surface area (Å²) in [6, 6.07) is 0. The summed E-state index contributed by atoms with van der Waals surface area (Å²) < 4.78 is 0. The number of hydrogen-bond donors (Lipinski definition) is 0. The Bertz CT molecular complexity index is 77.3. The Hall–Kier alpha value is 0.833. The number of rotatable bonds is 9. The van der Waals surface area contributed by atoms with Crippen molar-refractivity contribution < 1.29 is 12.4 Å². The Morgan fingerprint density at radius 2 is 0.929 bits per heavy atom. The number of unbranched alkanes of at least 4 members (excludes halogenated alkanes) is 3. The molecule has 0 saturated heterocycles. The van der Waals surface area contributed by atoms with Gasteiger partial charge in [-0.2, -0.15) is 0 Å². The zero-order valence-electron chi connectivity index (χ0n) is 10.2.